The van der Waals surface area contributed by atoms with Crippen molar-refractivity contribution in [1.82, 2.24) is 15.3 Å². The first-order chi connectivity index (χ1) is 11.6. The van der Waals surface area contributed by atoms with Crippen LogP contribution in [0.3, 0.4) is 0 Å². The third-order valence-electron chi connectivity index (χ3n) is 4.02. The lowest BCUT2D eigenvalue weighted by molar-refractivity contribution is -0.117. The zero-order chi connectivity index (χ0) is 16.7. The zero-order valence-electron chi connectivity index (χ0n) is 13.0. The van der Waals surface area contributed by atoms with E-state index in [1.54, 1.807) is 0 Å². The number of nitrogens with two attached hydrogens (primary N) is 1. The first-order valence-corrected chi connectivity index (χ1v) is 7.52. The molecule has 0 unspecified atom stereocenters. The molecule has 0 atom stereocenters. The maximum Gasteiger partial charge on any atom is 0.221 e. The molecular formula is C18H14N4O2. The van der Waals surface area contributed by atoms with E-state index in [1.165, 1.54) is 0 Å². The molecule has 0 saturated carbocycles. The fourth-order valence-corrected chi connectivity index (χ4v) is 2.91. The van der Waals surface area contributed by atoms with Crippen molar-refractivity contribution in [2.45, 2.75) is 13.3 Å². The van der Waals surface area contributed by atoms with E-state index >= 15 is 0 Å². The summed E-state index contributed by atoms with van der Waals surface area (Å²) in [6, 6.07) is 13.5. The van der Waals surface area contributed by atoms with Crippen molar-refractivity contribution >= 4 is 27.8 Å². The second kappa shape index (κ2) is 5.42. The van der Waals surface area contributed by atoms with Crippen LogP contribution in [-0.2, 0) is 11.2 Å². The lowest BCUT2D eigenvalue weighted by Crippen LogP contribution is -2.13. The lowest BCUT2D eigenvalue weighted by Gasteiger charge is -2.08. The lowest BCUT2D eigenvalue weighted by atomic mass is 10.0. The van der Waals surface area contributed by atoms with Gasteiger partial charge in [0.1, 0.15) is 11.0 Å². The minimum atomic E-state index is -0.360. The molecule has 0 aliphatic carbocycles. The van der Waals surface area contributed by atoms with E-state index in [9.17, 15) is 4.79 Å². The van der Waals surface area contributed by atoms with E-state index in [-0.39, 0.29) is 12.3 Å². The van der Waals surface area contributed by atoms with Gasteiger partial charge in [0.15, 0.2) is 0 Å². The predicted octanol–water partition coefficient (Wildman–Crippen LogP) is 2.77. The highest BCUT2D eigenvalue weighted by molar-refractivity contribution is 5.93. The van der Waals surface area contributed by atoms with Gasteiger partial charge in [-0.15, -0.1) is 0 Å². The number of benzene rings is 2. The molecule has 0 fully saturated rings. The standard InChI is InChI=1S/C18H14N4O2/c1-10-7-15(13-3-2-4-14-18(13)22-24-21-14)20-16-8-11(9-17(19)23)5-6-12(10)16/h2-8H,9H2,1H3,(H2,19,23). The minimum absolute atomic E-state index is 0.198. The van der Waals surface area contributed by atoms with Gasteiger partial charge >= 0.3 is 0 Å². The molecule has 2 aromatic carbocycles. The van der Waals surface area contributed by atoms with Gasteiger partial charge in [0, 0.05) is 10.9 Å². The van der Waals surface area contributed by atoms with Crippen molar-refractivity contribution in [3.05, 3.63) is 53.6 Å². The van der Waals surface area contributed by atoms with Gasteiger partial charge in [-0.3, -0.25) is 4.79 Å². The van der Waals surface area contributed by atoms with Crippen LogP contribution in [0.25, 0.3) is 33.2 Å². The molecule has 0 spiro atoms. The molecule has 0 aliphatic rings. The quantitative estimate of drug-likeness (QED) is 0.626. The van der Waals surface area contributed by atoms with E-state index in [4.69, 9.17) is 15.3 Å². The number of nitrogens with zero attached hydrogens (tertiary/aromatic N) is 3. The number of hydrogen-bond donors (Lipinski definition) is 1. The Morgan fingerprint density at radius 1 is 1.12 bits per heavy atom. The SMILES string of the molecule is Cc1cc(-c2cccc3nonc23)nc2cc(CC(N)=O)ccc12. The molecule has 0 aliphatic heterocycles. The van der Waals surface area contributed by atoms with Gasteiger partial charge < -0.3 is 5.73 Å². The fourth-order valence-electron chi connectivity index (χ4n) is 2.91. The van der Waals surface area contributed by atoms with Crippen LogP contribution in [0.15, 0.2) is 47.1 Å². The number of fused-ring (bicyclic) bond motifs is 2. The zero-order valence-corrected chi connectivity index (χ0v) is 13.0. The van der Waals surface area contributed by atoms with Crippen molar-refractivity contribution in [1.29, 1.82) is 0 Å². The summed E-state index contributed by atoms with van der Waals surface area (Å²) in [5.74, 6) is -0.360. The summed E-state index contributed by atoms with van der Waals surface area (Å²) in [4.78, 5) is 15.9. The predicted molar refractivity (Wildman–Crippen MR) is 90.2 cm³/mol. The molecule has 2 aromatic heterocycles. The summed E-state index contributed by atoms with van der Waals surface area (Å²) in [5, 5.41) is 8.88. The van der Waals surface area contributed by atoms with E-state index in [1.807, 2.05) is 49.4 Å². The van der Waals surface area contributed by atoms with E-state index in [0.29, 0.717) is 11.0 Å². The number of pyridine rings is 1. The Kier molecular flexibility index (Phi) is 3.23. The molecule has 0 radical (unpaired) electrons. The molecule has 0 bridgehead atoms. The second-order valence-corrected chi connectivity index (χ2v) is 5.76. The maximum absolute atomic E-state index is 11.2. The molecule has 118 valence electrons. The summed E-state index contributed by atoms with van der Waals surface area (Å²) in [5.41, 5.74) is 11.1. The Balaban J connectivity index is 1.93. The number of rotatable bonds is 3. The summed E-state index contributed by atoms with van der Waals surface area (Å²) in [6.45, 7) is 2.03. The number of hydrogen-bond acceptors (Lipinski definition) is 5. The third kappa shape index (κ3) is 2.38. The van der Waals surface area contributed by atoms with Crippen LogP contribution < -0.4 is 5.73 Å². The first-order valence-electron chi connectivity index (χ1n) is 7.52. The summed E-state index contributed by atoms with van der Waals surface area (Å²) in [7, 11) is 0. The molecule has 4 rings (SSSR count). The average Bonchev–Trinajstić information content (AvgIpc) is 3.02. The summed E-state index contributed by atoms with van der Waals surface area (Å²) >= 11 is 0. The number of aromatic nitrogens is 3. The molecule has 1 amide bonds. The van der Waals surface area contributed by atoms with Gasteiger partial charge in [0.2, 0.25) is 5.91 Å². The van der Waals surface area contributed by atoms with E-state index in [2.05, 4.69) is 10.3 Å². The number of primary amides is 1. The van der Waals surface area contributed by atoms with Crippen molar-refractivity contribution < 1.29 is 9.42 Å². The van der Waals surface area contributed by atoms with Crippen molar-refractivity contribution in [2.75, 3.05) is 0 Å². The van der Waals surface area contributed by atoms with Gasteiger partial charge in [-0.25, -0.2) is 9.61 Å². The summed E-state index contributed by atoms with van der Waals surface area (Å²) in [6.07, 6.45) is 0.198. The monoisotopic (exact) mass is 318 g/mol. The highest BCUT2D eigenvalue weighted by atomic mass is 16.6. The average molecular weight is 318 g/mol. The second-order valence-electron chi connectivity index (χ2n) is 5.76. The normalized spacial score (nSPS) is 11.2. The third-order valence-corrected chi connectivity index (χ3v) is 4.02. The van der Waals surface area contributed by atoms with Crippen LogP contribution in [-0.4, -0.2) is 21.2 Å². The largest absolute Gasteiger partial charge is 0.369 e. The topological polar surface area (TPSA) is 94.9 Å². The highest BCUT2D eigenvalue weighted by Crippen LogP contribution is 2.29. The fraction of sp³-hybridized carbons (Fsp3) is 0.111. The first kappa shape index (κ1) is 14.3. The number of aryl methyl sites for hydroxylation is 1. The van der Waals surface area contributed by atoms with Gasteiger partial charge in [-0.1, -0.05) is 24.3 Å². The number of carbonyl (C=O) groups is 1. The summed E-state index contributed by atoms with van der Waals surface area (Å²) < 4.78 is 4.83. The Morgan fingerprint density at radius 2 is 2.00 bits per heavy atom. The van der Waals surface area contributed by atoms with Crippen LogP contribution in [0.2, 0.25) is 0 Å². The minimum Gasteiger partial charge on any atom is -0.369 e. The smallest absolute Gasteiger partial charge is 0.221 e. The molecule has 6 heteroatoms. The molecule has 2 heterocycles. The molecular weight excluding hydrogens is 304 g/mol. The Bertz CT molecular complexity index is 1080. The van der Waals surface area contributed by atoms with E-state index < -0.39 is 0 Å². The molecule has 6 nitrogen and oxygen atoms in total. The molecule has 0 saturated heterocycles. The van der Waals surface area contributed by atoms with Crippen LogP contribution in [0.5, 0.6) is 0 Å². The highest BCUT2D eigenvalue weighted by Gasteiger charge is 2.12. The Labute approximate surface area is 137 Å². The van der Waals surface area contributed by atoms with Crippen LogP contribution >= 0.6 is 0 Å². The Hall–Kier alpha value is -3.28. The molecule has 24 heavy (non-hydrogen) atoms. The van der Waals surface area contributed by atoms with Crippen molar-refractivity contribution in [3.8, 4) is 11.3 Å². The van der Waals surface area contributed by atoms with Crippen molar-refractivity contribution in [3.63, 3.8) is 0 Å². The maximum atomic E-state index is 11.2. The Morgan fingerprint density at radius 3 is 2.83 bits per heavy atom. The van der Waals surface area contributed by atoms with Crippen LogP contribution in [0, 0.1) is 6.92 Å². The van der Waals surface area contributed by atoms with Crippen molar-refractivity contribution in [2.24, 2.45) is 5.73 Å². The number of amides is 1. The van der Waals surface area contributed by atoms with E-state index in [0.717, 1.165) is 33.3 Å². The van der Waals surface area contributed by atoms with Gasteiger partial charge in [0.25, 0.3) is 0 Å². The number of carbonyl (C=O) groups excluding carboxylic acids is 1. The van der Waals surface area contributed by atoms with Gasteiger partial charge in [-0.05, 0) is 46.6 Å². The van der Waals surface area contributed by atoms with Crippen LogP contribution in [0.1, 0.15) is 11.1 Å². The van der Waals surface area contributed by atoms with Gasteiger partial charge in [0.05, 0.1) is 17.6 Å². The molecule has 4 aromatic rings. The van der Waals surface area contributed by atoms with Gasteiger partial charge in [-0.2, -0.15) is 0 Å². The molecule has 2 N–H and O–H groups in total. The van der Waals surface area contributed by atoms with Crippen LogP contribution in [0.4, 0.5) is 0 Å².